The Kier molecular flexibility index (Phi) is 5.97. The minimum atomic E-state index is 0.186. The smallest absolute Gasteiger partial charge is 0.225 e. The standard InChI is InChI=1S/C20H31N3O2/c1-15-5-4-6-16-13-23(19(24)10-12-25-3)14-18-8-7-17(22(18)2)9-11-21-20(15)16/h4-6,17-18,21H,7-14H2,1-3H3. The summed E-state index contributed by atoms with van der Waals surface area (Å²) in [6.07, 6.45) is 4.00. The summed E-state index contributed by atoms with van der Waals surface area (Å²) in [4.78, 5) is 17.3. The molecular weight excluding hydrogens is 314 g/mol. The maximum atomic E-state index is 12.8. The average molecular weight is 345 g/mol. The van der Waals surface area contributed by atoms with Crippen LogP contribution in [-0.2, 0) is 16.1 Å². The number of hydrogen-bond donors (Lipinski definition) is 1. The van der Waals surface area contributed by atoms with E-state index in [1.165, 1.54) is 29.7 Å². The van der Waals surface area contributed by atoms with Crippen molar-refractivity contribution in [2.24, 2.45) is 0 Å². The number of ether oxygens (including phenoxy) is 1. The van der Waals surface area contributed by atoms with E-state index in [4.69, 9.17) is 4.74 Å². The first kappa shape index (κ1) is 18.2. The van der Waals surface area contributed by atoms with E-state index in [-0.39, 0.29) is 5.91 Å². The zero-order valence-corrected chi connectivity index (χ0v) is 15.8. The van der Waals surface area contributed by atoms with Crippen LogP contribution in [0.15, 0.2) is 18.2 Å². The van der Waals surface area contributed by atoms with Gasteiger partial charge in [0, 0.05) is 44.5 Å². The second kappa shape index (κ2) is 8.19. The number of carbonyl (C=O) groups is 1. The van der Waals surface area contributed by atoms with Gasteiger partial charge in [-0.2, -0.15) is 0 Å². The van der Waals surface area contributed by atoms with Crippen molar-refractivity contribution in [3.63, 3.8) is 0 Å². The van der Waals surface area contributed by atoms with Gasteiger partial charge in [-0.25, -0.2) is 0 Å². The molecule has 2 atom stereocenters. The number of nitrogens with one attached hydrogen (secondary N) is 1. The number of amides is 1. The Balaban J connectivity index is 1.88. The quantitative estimate of drug-likeness (QED) is 0.915. The third-order valence-electron chi connectivity index (χ3n) is 5.79. The molecular formula is C20H31N3O2. The lowest BCUT2D eigenvalue weighted by molar-refractivity contribution is -0.133. The van der Waals surface area contributed by atoms with Gasteiger partial charge in [-0.05, 0) is 44.4 Å². The molecule has 1 N–H and O–H groups in total. The molecule has 1 aromatic rings. The number of para-hydroxylation sites is 1. The maximum Gasteiger partial charge on any atom is 0.225 e. The lowest BCUT2D eigenvalue weighted by atomic mass is 10.1. The van der Waals surface area contributed by atoms with Crippen LogP contribution in [0.1, 0.15) is 36.8 Å². The van der Waals surface area contributed by atoms with E-state index >= 15 is 0 Å². The van der Waals surface area contributed by atoms with Crippen LogP contribution in [0.3, 0.4) is 0 Å². The van der Waals surface area contributed by atoms with Gasteiger partial charge in [-0.3, -0.25) is 9.69 Å². The molecule has 1 amide bonds. The highest BCUT2D eigenvalue weighted by atomic mass is 16.5. The molecule has 1 fully saturated rings. The Morgan fingerprint density at radius 1 is 1.28 bits per heavy atom. The van der Waals surface area contributed by atoms with Gasteiger partial charge in [0.15, 0.2) is 0 Å². The van der Waals surface area contributed by atoms with Crippen molar-refractivity contribution in [2.75, 3.05) is 39.2 Å². The van der Waals surface area contributed by atoms with Crippen molar-refractivity contribution in [3.05, 3.63) is 29.3 Å². The second-order valence-electron chi connectivity index (χ2n) is 7.39. The van der Waals surface area contributed by atoms with Crippen LogP contribution in [0, 0.1) is 6.92 Å². The molecule has 0 aliphatic carbocycles. The van der Waals surface area contributed by atoms with E-state index in [0.717, 1.165) is 19.5 Å². The Morgan fingerprint density at radius 2 is 2.08 bits per heavy atom. The van der Waals surface area contributed by atoms with Gasteiger partial charge < -0.3 is 15.0 Å². The first-order valence-electron chi connectivity index (χ1n) is 9.41. The molecule has 0 aromatic heterocycles. The third-order valence-corrected chi connectivity index (χ3v) is 5.79. The number of nitrogens with zero attached hydrogens (tertiary/aromatic N) is 2. The Labute approximate surface area is 151 Å². The van der Waals surface area contributed by atoms with Crippen LogP contribution in [-0.4, -0.2) is 61.6 Å². The number of benzene rings is 1. The minimum absolute atomic E-state index is 0.186. The van der Waals surface area contributed by atoms with E-state index in [1.54, 1.807) is 7.11 Å². The van der Waals surface area contributed by atoms with Gasteiger partial charge in [0.2, 0.25) is 5.91 Å². The minimum Gasteiger partial charge on any atom is -0.384 e. The number of methoxy groups -OCH3 is 1. The zero-order valence-electron chi connectivity index (χ0n) is 15.8. The molecule has 0 spiro atoms. The van der Waals surface area contributed by atoms with Crippen molar-refractivity contribution in [1.82, 2.24) is 9.80 Å². The second-order valence-corrected chi connectivity index (χ2v) is 7.39. The van der Waals surface area contributed by atoms with Crippen LogP contribution < -0.4 is 5.32 Å². The average Bonchev–Trinajstić information content (AvgIpc) is 2.92. The third kappa shape index (κ3) is 4.15. The van der Waals surface area contributed by atoms with Crippen molar-refractivity contribution >= 4 is 11.6 Å². The van der Waals surface area contributed by atoms with Gasteiger partial charge in [0.1, 0.15) is 0 Å². The van der Waals surface area contributed by atoms with Gasteiger partial charge in [-0.15, -0.1) is 0 Å². The van der Waals surface area contributed by atoms with E-state index in [1.807, 2.05) is 4.90 Å². The molecule has 2 bridgehead atoms. The zero-order chi connectivity index (χ0) is 17.8. The lowest BCUT2D eigenvalue weighted by Gasteiger charge is -2.31. The molecule has 138 valence electrons. The van der Waals surface area contributed by atoms with Crippen LogP contribution in [0.4, 0.5) is 5.69 Å². The molecule has 2 heterocycles. The number of aryl methyl sites for hydroxylation is 1. The number of anilines is 1. The molecule has 2 aliphatic rings. The van der Waals surface area contributed by atoms with Gasteiger partial charge >= 0.3 is 0 Å². The van der Waals surface area contributed by atoms with E-state index in [0.29, 0.717) is 31.7 Å². The van der Waals surface area contributed by atoms with Gasteiger partial charge in [0.25, 0.3) is 0 Å². The summed E-state index contributed by atoms with van der Waals surface area (Å²) in [7, 11) is 3.87. The summed E-state index contributed by atoms with van der Waals surface area (Å²) in [5, 5.41) is 3.65. The number of carbonyl (C=O) groups excluding carboxylic acids is 1. The predicted octanol–water partition coefficient (Wildman–Crippen LogP) is 2.64. The van der Waals surface area contributed by atoms with Gasteiger partial charge in [-0.1, -0.05) is 18.2 Å². The fourth-order valence-electron chi connectivity index (χ4n) is 4.20. The SMILES string of the molecule is COCCC(=O)N1Cc2cccc(C)c2NCCC2CCC(C1)N2C. The van der Waals surface area contributed by atoms with Crippen molar-refractivity contribution < 1.29 is 9.53 Å². The summed E-state index contributed by atoms with van der Waals surface area (Å²) in [5.74, 6) is 0.186. The largest absolute Gasteiger partial charge is 0.384 e. The van der Waals surface area contributed by atoms with Crippen LogP contribution in [0.25, 0.3) is 0 Å². The first-order valence-corrected chi connectivity index (χ1v) is 9.41. The van der Waals surface area contributed by atoms with Crippen molar-refractivity contribution in [2.45, 2.75) is 51.2 Å². The Hall–Kier alpha value is -1.59. The first-order chi connectivity index (χ1) is 12.1. The Bertz CT molecular complexity index is 605. The van der Waals surface area contributed by atoms with Crippen LogP contribution >= 0.6 is 0 Å². The molecule has 0 radical (unpaired) electrons. The van der Waals surface area contributed by atoms with Crippen molar-refractivity contribution in [3.8, 4) is 0 Å². The number of rotatable bonds is 3. The summed E-state index contributed by atoms with van der Waals surface area (Å²) >= 11 is 0. The van der Waals surface area contributed by atoms with Crippen LogP contribution in [0.2, 0.25) is 0 Å². The number of likely N-dealkylation sites (N-methyl/N-ethyl adjacent to an activating group) is 1. The summed E-state index contributed by atoms with van der Waals surface area (Å²) in [6, 6.07) is 7.44. The molecule has 2 unspecified atom stereocenters. The fraction of sp³-hybridized carbons (Fsp3) is 0.650. The molecule has 1 saturated heterocycles. The maximum absolute atomic E-state index is 12.8. The Morgan fingerprint density at radius 3 is 2.88 bits per heavy atom. The van der Waals surface area contributed by atoms with Crippen LogP contribution in [0.5, 0.6) is 0 Å². The van der Waals surface area contributed by atoms with E-state index in [9.17, 15) is 4.79 Å². The molecule has 0 saturated carbocycles. The fourth-order valence-corrected chi connectivity index (χ4v) is 4.20. The number of fused-ring (bicyclic) bond motifs is 3. The monoisotopic (exact) mass is 345 g/mol. The number of hydrogen-bond acceptors (Lipinski definition) is 4. The van der Waals surface area contributed by atoms with E-state index < -0.39 is 0 Å². The molecule has 5 nitrogen and oxygen atoms in total. The molecule has 5 heteroatoms. The highest BCUT2D eigenvalue weighted by Crippen LogP contribution is 2.29. The molecule has 1 aromatic carbocycles. The normalized spacial score (nSPS) is 24.4. The molecule has 25 heavy (non-hydrogen) atoms. The lowest BCUT2D eigenvalue weighted by Crippen LogP contribution is -2.43. The molecule has 3 rings (SSSR count). The highest BCUT2D eigenvalue weighted by Gasteiger charge is 2.33. The summed E-state index contributed by atoms with van der Waals surface area (Å²) < 4.78 is 5.12. The summed E-state index contributed by atoms with van der Waals surface area (Å²) in [5.41, 5.74) is 3.67. The van der Waals surface area contributed by atoms with Crippen molar-refractivity contribution in [1.29, 1.82) is 0 Å². The highest BCUT2D eigenvalue weighted by molar-refractivity contribution is 5.76. The predicted molar refractivity (Wildman–Crippen MR) is 101 cm³/mol. The van der Waals surface area contributed by atoms with Gasteiger partial charge in [0.05, 0.1) is 13.0 Å². The molecule has 2 aliphatic heterocycles. The summed E-state index contributed by atoms with van der Waals surface area (Å²) in [6.45, 7) is 5.08. The van der Waals surface area contributed by atoms with E-state index in [2.05, 4.69) is 42.4 Å². The topological polar surface area (TPSA) is 44.8 Å².